The van der Waals surface area contributed by atoms with Crippen molar-refractivity contribution in [2.75, 3.05) is 0 Å². The summed E-state index contributed by atoms with van der Waals surface area (Å²) in [7, 11) is 0. The summed E-state index contributed by atoms with van der Waals surface area (Å²) >= 11 is 19.3. The number of thiazole rings is 1. The summed E-state index contributed by atoms with van der Waals surface area (Å²) in [5.41, 5.74) is 0.816. The molecule has 1 aromatic heterocycles. The topological polar surface area (TPSA) is 12.9 Å². The zero-order valence-electron chi connectivity index (χ0n) is 6.80. The van der Waals surface area contributed by atoms with Crippen molar-refractivity contribution >= 4 is 46.1 Å². The number of rotatable bonds is 1. The van der Waals surface area contributed by atoms with Crippen LogP contribution in [-0.4, -0.2) is 4.98 Å². The molecule has 0 aliphatic heterocycles. The molecule has 0 fully saturated rings. The minimum atomic E-state index is 0.376. The van der Waals surface area contributed by atoms with Crippen LogP contribution in [0.15, 0.2) is 23.7 Å². The van der Waals surface area contributed by atoms with E-state index in [1.165, 1.54) is 11.3 Å². The first kappa shape index (κ1) is 10.2. The number of hydrogen-bond donors (Lipinski definition) is 0. The molecule has 0 radical (unpaired) electrons. The lowest BCUT2D eigenvalue weighted by molar-refractivity contribution is 1.41. The van der Waals surface area contributed by atoms with E-state index in [4.69, 9.17) is 34.8 Å². The average Bonchev–Trinajstić information content (AvgIpc) is 2.67. The molecule has 0 bridgehead atoms. The van der Waals surface area contributed by atoms with Crippen molar-refractivity contribution < 1.29 is 0 Å². The van der Waals surface area contributed by atoms with Crippen LogP contribution in [0.3, 0.4) is 0 Å². The normalized spacial score (nSPS) is 10.5. The van der Waals surface area contributed by atoms with E-state index < -0.39 is 0 Å². The van der Waals surface area contributed by atoms with Gasteiger partial charge in [0.15, 0.2) is 0 Å². The van der Waals surface area contributed by atoms with E-state index in [-0.39, 0.29) is 0 Å². The molecule has 0 amide bonds. The Hall–Kier alpha value is -0.280. The molecular formula is C9H4Cl3NS. The van der Waals surface area contributed by atoms with Gasteiger partial charge in [-0.3, -0.25) is 0 Å². The number of benzene rings is 1. The van der Waals surface area contributed by atoms with Gasteiger partial charge in [0.05, 0.1) is 15.1 Å². The molecule has 14 heavy (non-hydrogen) atoms. The highest BCUT2D eigenvalue weighted by Crippen LogP contribution is 2.38. The second-order valence-electron chi connectivity index (χ2n) is 2.56. The van der Waals surface area contributed by atoms with Crippen molar-refractivity contribution in [1.29, 1.82) is 0 Å². The lowest BCUT2D eigenvalue weighted by Gasteiger charge is -2.03. The van der Waals surface area contributed by atoms with Gasteiger partial charge in [0.2, 0.25) is 0 Å². The van der Waals surface area contributed by atoms with Gasteiger partial charge in [-0.25, -0.2) is 4.98 Å². The average molecular weight is 265 g/mol. The molecule has 0 aliphatic rings. The Bertz CT molecular complexity index is 453. The van der Waals surface area contributed by atoms with Crippen molar-refractivity contribution in [3.05, 3.63) is 38.8 Å². The van der Waals surface area contributed by atoms with Gasteiger partial charge in [0.1, 0.15) is 5.01 Å². The molecule has 1 aromatic carbocycles. The molecule has 5 heteroatoms. The van der Waals surface area contributed by atoms with E-state index in [9.17, 15) is 0 Å². The lowest BCUT2D eigenvalue weighted by atomic mass is 10.2. The van der Waals surface area contributed by atoms with E-state index in [2.05, 4.69) is 4.98 Å². The summed E-state index contributed by atoms with van der Waals surface area (Å²) < 4.78 is 0. The highest BCUT2D eigenvalue weighted by molar-refractivity contribution is 7.13. The zero-order chi connectivity index (χ0) is 10.1. The van der Waals surface area contributed by atoms with Crippen molar-refractivity contribution in [3.8, 4) is 10.6 Å². The Balaban J connectivity index is 2.61. The molecule has 0 atom stereocenters. The van der Waals surface area contributed by atoms with E-state index in [0.29, 0.717) is 15.1 Å². The molecule has 72 valence electrons. The maximum absolute atomic E-state index is 6.04. The standard InChI is InChI=1S/C9H4Cl3NS/c10-6-2-1-5(7(11)8(6)12)9-13-3-4-14-9/h1-4H. The predicted molar refractivity (Wildman–Crippen MR) is 62.6 cm³/mol. The molecule has 0 saturated carbocycles. The van der Waals surface area contributed by atoms with Crippen molar-refractivity contribution in [3.63, 3.8) is 0 Å². The van der Waals surface area contributed by atoms with Gasteiger partial charge in [-0.1, -0.05) is 34.8 Å². The van der Waals surface area contributed by atoms with Crippen LogP contribution in [0, 0.1) is 0 Å². The van der Waals surface area contributed by atoms with Crippen LogP contribution in [0.25, 0.3) is 10.6 Å². The van der Waals surface area contributed by atoms with Gasteiger partial charge in [0, 0.05) is 17.1 Å². The minimum absolute atomic E-state index is 0.376. The molecule has 0 unspecified atom stereocenters. The zero-order valence-corrected chi connectivity index (χ0v) is 9.88. The number of nitrogens with zero attached hydrogens (tertiary/aromatic N) is 1. The minimum Gasteiger partial charge on any atom is -0.244 e. The van der Waals surface area contributed by atoms with E-state index >= 15 is 0 Å². The van der Waals surface area contributed by atoms with E-state index in [1.807, 2.05) is 11.4 Å². The highest BCUT2D eigenvalue weighted by Gasteiger charge is 2.11. The molecule has 1 nitrogen and oxygen atoms in total. The SMILES string of the molecule is Clc1ccc(-c2nccs2)c(Cl)c1Cl. The van der Waals surface area contributed by atoms with Crippen LogP contribution < -0.4 is 0 Å². The third kappa shape index (κ3) is 1.75. The summed E-state index contributed by atoms with van der Waals surface area (Å²) in [5, 5.41) is 4.01. The summed E-state index contributed by atoms with van der Waals surface area (Å²) in [6, 6.07) is 3.53. The molecule has 1 heterocycles. The van der Waals surface area contributed by atoms with Crippen LogP contribution in [0.4, 0.5) is 0 Å². The molecule has 2 aromatic rings. The fourth-order valence-electron chi connectivity index (χ4n) is 1.05. The Labute approximate surface area is 100 Å². The maximum Gasteiger partial charge on any atom is 0.124 e. The maximum atomic E-state index is 6.04. The second kappa shape index (κ2) is 4.07. The fraction of sp³-hybridized carbons (Fsp3) is 0. The summed E-state index contributed by atoms with van der Waals surface area (Å²) in [6.45, 7) is 0. The Morgan fingerprint density at radius 1 is 1.07 bits per heavy atom. The number of aromatic nitrogens is 1. The first-order valence-corrected chi connectivity index (χ1v) is 5.75. The second-order valence-corrected chi connectivity index (χ2v) is 4.62. The number of halogens is 3. The van der Waals surface area contributed by atoms with Gasteiger partial charge in [0.25, 0.3) is 0 Å². The Morgan fingerprint density at radius 3 is 2.50 bits per heavy atom. The number of hydrogen-bond acceptors (Lipinski definition) is 2. The van der Waals surface area contributed by atoms with Crippen molar-refractivity contribution in [1.82, 2.24) is 4.98 Å². The molecular weight excluding hydrogens is 261 g/mol. The lowest BCUT2D eigenvalue weighted by Crippen LogP contribution is -1.80. The molecule has 2 rings (SSSR count). The van der Waals surface area contributed by atoms with Gasteiger partial charge < -0.3 is 0 Å². The van der Waals surface area contributed by atoms with Crippen molar-refractivity contribution in [2.45, 2.75) is 0 Å². The first-order chi connectivity index (χ1) is 6.70. The van der Waals surface area contributed by atoms with E-state index in [1.54, 1.807) is 12.3 Å². The first-order valence-electron chi connectivity index (χ1n) is 3.73. The van der Waals surface area contributed by atoms with Crippen molar-refractivity contribution in [2.24, 2.45) is 0 Å². The van der Waals surface area contributed by atoms with Gasteiger partial charge in [-0.05, 0) is 12.1 Å². The monoisotopic (exact) mass is 263 g/mol. The van der Waals surface area contributed by atoms with Crippen LogP contribution in [0.1, 0.15) is 0 Å². The highest BCUT2D eigenvalue weighted by atomic mass is 35.5. The Morgan fingerprint density at radius 2 is 1.86 bits per heavy atom. The third-order valence-corrected chi connectivity index (χ3v) is 3.80. The summed E-state index contributed by atoms with van der Waals surface area (Å²) in [5.74, 6) is 0. The van der Waals surface area contributed by atoms with Crippen LogP contribution in [0.5, 0.6) is 0 Å². The van der Waals surface area contributed by atoms with Crippen LogP contribution in [-0.2, 0) is 0 Å². The Kier molecular flexibility index (Phi) is 2.98. The third-order valence-electron chi connectivity index (χ3n) is 1.70. The van der Waals surface area contributed by atoms with Gasteiger partial charge in [-0.2, -0.15) is 0 Å². The van der Waals surface area contributed by atoms with E-state index in [0.717, 1.165) is 10.6 Å². The van der Waals surface area contributed by atoms with Crippen LogP contribution in [0.2, 0.25) is 15.1 Å². The van der Waals surface area contributed by atoms with Gasteiger partial charge >= 0.3 is 0 Å². The summed E-state index contributed by atoms with van der Waals surface area (Å²) in [4.78, 5) is 4.15. The fourth-order valence-corrected chi connectivity index (χ4v) is 2.40. The smallest absolute Gasteiger partial charge is 0.124 e. The quantitative estimate of drug-likeness (QED) is 0.676. The van der Waals surface area contributed by atoms with Gasteiger partial charge in [-0.15, -0.1) is 11.3 Å². The summed E-state index contributed by atoms with van der Waals surface area (Å²) in [6.07, 6.45) is 1.72. The largest absolute Gasteiger partial charge is 0.244 e. The predicted octanol–water partition coefficient (Wildman–Crippen LogP) is 4.77. The van der Waals surface area contributed by atoms with Crippen LogP contribution >= 0.6 is 46.1 Å². The molecule has 0 N–H and O–H groups in total. The molecule has 0 saturated heterocycles. The molecule has 0 aliphatic carbocycles. The molecule has 0 spiro atoms.